The number of aromatic amines is 1. The first-order chi connectivity index (χ1) is 9.15. The Bertz CT molecular complexity index is 620. The van der Waals surface area contributed by atoms with Gasteiger partial charge in [0.25, 0.3) is 5.56 Å². The molecule has 0 fully saturated rings. The van der Waals surface area contributed by atoms with Crippen LogP contribution in [-0.2, 0) is 6.42 Å². The molecule has 0 saturated heterocycles. The highest BCUT2D eigenvalue weighted by Gasteiger charge is 2.09. The van der Waals surface area contributed by atoms with E-state index in [1.54, 1.807) is 25.3 Å². The minimum Gasteiger partial charge on any atom is -0.481 e. The number of hydrogen-bond acceptors (Lipinski definition) is 5. The number of methoxy groups -OCH3 is 1. The Hall–Kier alpha value is -2.21. The monoisotopic (exact) mass is 261 g/mol. The maximum absolute atomic E-state index is 11.9. The Kier molecular flexibility index (Phi) is 3.91. The zero-order valence-electron chi connectivity index (χ0n) is 10.8. The highest BCUT2D eigenvalue weighted by Crippen LogP contribution is 2.16. The Labute approximate surface area is 110 Å². The van der Waals surface area contributed by atoms with Gasteiger partial charge < -0.3 is 14.8 Å². The van der Waals surface area contributed by atoms with Gasteiger partial charge in [-0.1, -0.05) is 0 Å². The van der Waals surface area contributed by atoms with Gasteiger partial charge in [0.2, 0.25) is 5.88 Å². The van der Waals surface area contributed by atoms with E-state index in [2.05, 4.69) is 15.0 Å². The van der Waals surface area contributed by atoms with E-state index in [1.807, 2.05) is 0 Å². The minimum absolute atomic E-state index is 0.0744. The average Bonchev–Trinajstić information content (AvgIpc) is 2.43. The Morgan fingerprint density at radius 3 is 2.74 bits per heavy atom. The number of nitrogens with zero attached hydrogens (tertiary/aromatic N) is 2. The molecular weight excluding hydrogens is 246 g/mol. The lowest BCUT2D eigenvalue weighted by Crippen LogP contribution is -2.18. The van der Waals surface area contributed by atoms with Crippen LogP contribution in [0, 0.1) is 6.92 Å². The molecule has 0 atom stereocenters. The molecule has 2 N–H and O–H groups in total. The first-order valence-corrected chi connectivity index (χ1v) is 5.86. The van der Waals surface area contributed by atoms with E-state index >= 15 is 0 Å². The summed E-state index contributed by atoms with van der Waals surface area (Å²) in [5.74, 6) is 0.957. The van der Waals surface area contributed by atoms with Gasteiger partial charge in [0.1, 0.15) is 5.82 Å². The number of nitrogens with one attached hydrogen (secondary N) is 1. The SMILES string of the molecule is COc1ccc(-c2nc(C)c(CCO)c(=O)[nH]2)cn1. The highest BCUT2D eigenvalue weighted by molar-refractivity contribution is 5.54. The molecule has 0 unspecified atom stereocenters. The lowest BCUT2D eigenvalue weighted by molar-refractivity contribution is 0.298. The fraction of sp³-hybridized carbons (Fsp3) is 0.308. The quantitative estimate of drug-likeness (QED) is 0.845. The maximum Gasteiger partial charge on any atom is 0.254 e. The van der Waals surface area contributed by atoms with Crippen molar-refractivity contribution in [2.45, 2.75) is 13.3 Å². The molecule has 0 spiro atoms. The van der Waals surface area contributed by atoms with E-state index < -0.39 is 0 Å². The summed E-state index contributed by atoms with van der Waals surface area (Å²) >= 11 is 0. The molecule has 0 bridgehead atoms. The van der Waals surface area contributed by atoms with Crippen molar-refractivity contribution in [1.29, 1.82) is 0 Å². The normalized spacial score (nSPS) is 10.5. The van der Waals surface area contributed by atoms with Gasteiger partial charge in [0.15, 0.2) is 0 Å². The Morgan fingerprint density at radius 1 is 1.42 bits per heavy atom. The average molecular weight is 261 g/mol. The van der Waals surface area contributed by atoms with Gasteiger partial charge in [-0.25, -0.2) is 9.97 Å². The van der Waals surface area contributed by atoms with Crippen LogP contribution in [0.1, 0.15) is 11.3 Å². The molecule has 0 aliphatic rings. The van der Waals surface area contributed by atoms with Gasteiger partial charge in [-0.15, -0.1) is 0 Å². The molecular formula is C13H15N3O3. The summed E-state index contributed by atoms with van der Waals surface area (Å²) in [6, 6.07) is 3.47. The van der Waals surface area contributed by atoms with E-state index in [-0.39, 0.29) is 12.2 Å². The fourth-order valence-corrected chi connectivity index (χ4v) is 1.79. The van der Waals surface area contributed by atoms with Crippen LogP contribution in [0.4, 0.5) is 0 Å². The molecule has 0 aliphatic heterocycles. The number of pyridine rings is 1. The molecule has 2 rings (SSSR count). The van der Waals surface area contributed by atoms with Crippen molar-refractivity contribution >= 4 is 0 Å². The van der Waals surface area contributed by atoms with Crippen LogP contribution >= 0.6 is 0 Å². The summed E-state index contributed by atoms with van der Waals surface area (Å²) in [7, 11) is 1.54. The van der Waals surface area contributed by atoms with Crippen molar-refractivity contribution < 1.29 is 9.84 Å². The molecule has 6 heteroatoms. The second kappa shape index (κ2) is 5.62. The third kappa shape index (κ3) is 2.79. The number of hydrogen-bond donors (Lipinski definition) is 2. The second-order valence-electron chi connectivity index (χ2n) is 4.04. The molecule has 0 aromatic carbocycles. The summed E-state index contributed by atoms with van der Waals surface area (Å²) < 4.78 is 4.97. The molecule has 100 valence electrons. The number of aryl methyl sites for hydroxylation is 1. The predicted octanol–water partition coefficient (Wildman–Crippen LogP) is 0.684. The summed E-state index contributed by atoms with van der Waals surface area (Å²) in [6.45, 7) is 1.68. The zero-order valence-corrected chi connectivity index (χ0v) is 10.8. The molecule has 2 aromatic rings. The molecule has 0 saturated carbocycles. The molecule has 19 heavy (non-hydrogen) atoms. The minimum atomic E-state index is -0.229. The topological polar surface area (TPSA) is 88.1 Å². The second-order valence-corrected chi connectivity index (χ2v) is 4.04. The molecule has 0 aliphatic carbocycles. The third-order valence-corrected chi connectivity index (χ3v) is 2.80. The van der Waals surface area contributed by atoms with Gasteiger partial charge >= 0.3 is 0 Å². The smallest absolute Gasteiger partial charge is 0.254 e. The number of rotatable bonds is 4. The van der Waals surface area contributed by atoms with Crippen molar-refractivity contribution in [3.8, 4) is 17.3 Å². The summed E-state index contributed by atoms with van der Waals surface area (Å²) in [4.78, 5) is 23.0. The number of aromatic nitrogens is 3. The number of H-pyrrole nitrogens is 1. The Balaban J connectivity index is 2.42. The van der Waals surface area contributed by atoms with Gasteiger partial charge in [-0.05, 0) is 13.0 Å². The Morgan fingerprint density at radius 2 is 2.21 bits per heavy atom. The first-order valence-electron chi connectivity index (χ1n) is 5.86. The van der Waals surface area contributed by atoms with E-state index in [9.17, 15) is 4.79 Å². The third-order valence-electron chi connectivity index (χ3n) is 2.80. The summed E-state index contributed by atoms with van der Waals surface area (Å²) in [5.41, 5.74) is 1.60. The maximum atomic E-state index is 11.9. The predicted molar refractivity (Wildman–Crippen MR) is 70.2 cm³/mol. The van der Waals surface area contributed by atoms with E-state index in [4.69, 9.17) is 9.84 Å². The highest BCUT2D eigenvalue weighted by atomic mass is 16.5. The van der Waals surface area contributed by atoms with Crippen molar-refractivity contribution in [2.75, 3.05) is 13.7 Å². The van der Waals surface area contributed by atoms with Crippen molar-refractivity contribution in [1.82, 2.24) is 15.0 Å². The standard InChI is InChI=1S/C13H15N3O3/c1-8-10(5-6-17)13(18)16-12(15-8)9-3-4-11(19-2)14-7-9/h3-4,7,17H,5-6H2,1-2H3,(H,15,16,18). The van der Waals surface area contributed by atoms with Crippen molar-refractivity contribution in [3.63, 3.8) is 0 Å². The first kappa shape index (κ1) is 13.2. The lowest BCUT2D eigenvalue weighted by Gasteiger charge is -2.06. The van der Waals surface area contributed by atoms with Gasteiger partial charge in [0.05, 0.1) is 7.11 Å². The van der Waals surface area contributed by atoms with E-state index in [0.717, 1.165) is 0 Å². The van der Waals surface area contributed by atoms with Crippen LogP contribution in [0.25, 0.3) is 11.4 Å². The van der Waals surface area contributed by atoms with Crippen LogP contribution in [0.15, 0.2) is 23.1 Å². The summed E-state index contributed by atoms with van der Waals surface area (Å²) in [6.07, 6.45) is 1.89. The van der Waals surface area contributed by atoms with Gasteiger partial charge in [0, 0.05) is 42.1 Å². The zero-order chi connectivity index (χ0) is 13.8. The molecule has 6 nitrogen and oxygen atoms in total. The van der Waals surface area contributed by atoms with Crippen LogP contribution in [0.5, 0.6) is 5.88 Å². The van der Waals surface area contributed by atoms with Crippen molar-refractivity contribution in [3.05, 3.63) is 39.9 Å². The molecule has 2 aromatic heterocycles. The number of aliphatic hydroxyl groups excluding tert-OH is 1. The molecule has 0 amide bonds. The van der Waals surface area contributed by atoms with E-state index in [0.29, 0.717) is 34.9 Å². The number of ether oxygens (including phenoxy) is 1. The fourth-order valence-electron chi connectivity index (χ4n) is 1.79. The lowest BCUT2D eigenvalue weighted by atomic mass is 10.1. The van der Waals surface area contributed by atoms with Gasteiger partial charge in [-0.2, -0.15) is 0 Å². The van der Waals surface area contributed by atoms with Crippen molar-refractivity contribution in [2.24, 2.45) is 0 Å². The summed E-state index contributed by atoms with van der Waals surface area (Å²) in [5, 5.41) is 8.91. The molecule has 2 heterocycles. The largest absolute Gasteiger partial charge is 0.481 e. The van der Waals surface area contributed by atoms with Gasteiger partial charge in [-0.3, -0.25) is 4.79 Å². The van der Waals surface area contributed by atoms with Crippen LogP contribution < -0.4 is 10.3 Å². The van der Waals surface area contributed by atoms with Crippen LogP contribution in [0.2, 0.25) is 0 Å². The number of aliphatic hydroxyl groups is 1. The molecule has 0 radical (unpaired) electrons. The van der Waals surface area contributed by atoms with Crippen LogP contribution in [-0.4, -0.2) is 33.8 Å². The van der Waals surface area contributed by atoms with Crippen LogP contribution in [0.3, 0.4) is 0 Å². The van der Waals surface area contributed by atoms with E-state index in [1.165, 1.54) is 7.11 Å².